The van der Waals surface area contributed by atoms with Crippen LogP contribution in [0.15, 0.2) is 12.7 Å². The van der Waals surface area contributed by atoms with Crippen molar-refractivity contribution in [3.63, 3.8) is 0 Å². The second-order valence-corrected chi connectivity index (χ2v) is 11.8. The zero-order valence-electron chi connectivity index (χ0n) is 25.6. The van der Waals surface area contributed by atoms with Crippen molar-refractivity contribution >= 4 is 6.29 Å². The highest BCUT2D eigenvalue weighted by atomic mass is 16.3. The van der Waals surface area contributed by atoms with E-state index in [4.69, 9.17) is 0 Å². The van der Waals surface area contributed by atoms with Crippen LogP contribution in [0.2, 0.25) is 0 Å². The summed E-state index contributed by atoms with van der Waals surface area (Å²) < 4.78 is 0. The molecule has 0 bridgehead atoms. The van der Waals surface area contributed by atoms with Gasteiger partial charge < -0.3 is 9.90 Å². The van der Waals surface area contributed by atoms with Gasteiger partial charge in [0.25, 0.3) is 0 Å². The molecule has 2 nitrogen and oxygen atoms in total. The van der Waals surface area contributed by atoms with Crippen molar-refractivity contribution in [1.82, 2.24) is 0 Å². The van der Waals surface area contributed by atoms with Crippen LogP contribution in [0.5, 0.6) is 0 Å². The molecule has 4 rings (SSSR count). The Bertz CT molecular complexity index is 651. The van der Waals surface area contributed by atoms with Crippen LogP contribution in [0, 0.1) is 58.7 Å². The summed E-state index contributed by atoms with van der Waals surface area (Å²) in [6, 6.07) is 0. The minimum absolute atomic E-state index is 0.0356. The summed E-state index contributed by atoms with van der Waals surface area (Å²) in [7, 11) is 0. The number of allylic oxidation sites excluding steroid dienone is 1. The average Bonchev–Trinajstić information content (AvgIpc) is 3.33. The maximum Gasteiger partial charge on any atom is 0.126 e. The molecule has 9 unspecified atom stereocenters. The lowest BCUT2D eigenvalue weighted by atomic mass is 9.39. The largest absolute Gasteiger partial charge is 0.393 e. The summed E-state index contributed by atoms with van der Waals surface area (Å²) in [6.45, 7) is 22.7. The Morgan fingerprint density at radius 2 is 1.56 bits per heavy atom. The van der Waals surface area contributed by atoms with E-state index in [1.54, 1.807) is 6.08 Å². The van der Waals surface area contributed by atoms with E-state index < -0.39 is 0 Å². The van der Waals surface area contributed by atoms with E-state index >= 15 is 0 Å². The summed E-state index contributed by atoms with van der Waals surface area (Å²) in [5, 5.41) is 10.6. The minimum Gasteiger partial charge on any atom is -0.393 e. The van der Waals surface area contributed by atoms with Crippen molar-refractivity contribution in [2.75, 3.05) is 0 Å². The third kappa shape index (κ3) is 6.49. The van der Waals surface area contributed by atoms with Crippen molar-refractivity contribution in [2.24, 2.45) is 45.8 Å². The fraction of sp³-hybridized carbons (Fsp3) is 0.853. The van der Waals surface area contributed by atoms with E-state index in [2.05, 4.69) is 40.2 Å². The van der Waals surface area contributed by atoms with Crippen molar-refractivity contribution in [3.8, 4) is 12.8 Å². The van der Waals surface area contributed by atoms with Gasteiger partial charge in [-0.2, -0.15) is 0 Å². The Balaban J connectivity index is 0.00000122. The van der Waals surface area contributed by atoms with Gasteiger partial charge in [-0.15, -0.1) is 19.4 Å². The van der Waals surface area contributed by atoms with E-state index in [0.29, 0.717) is 17.3 Å². The second kappa shape index (κ2) is 16.0. The van der Waals surface area contributed by atoms with Gasteiger partial charge in [0.05, 0.1) is 6.10 Å². The highest BCUT2D eigenvalue weighted by molar-refractivity contribution is 5.61. The zero-order chi connectivity index (χ0) is 28.2. The fourth-order valence-corrected chi connectivity index (χ4v) is 9.55. The fourth-order valence-electron chi connectivity index (χ4n) is 9.55. The molecule has 0 heterocycles. The van der Waals surface area contributed by atoms with E-state index in [0.717, 1.165) is 30.6 Å². The van der Waals surface area contributed by atoms with Gasteiger partial charge in [-0.3, -0.25) is 0 Å². The van der Waals surface area contributed by atoms with Crippen molar-refractivity contribution in [3.05, 3.63) is 12.7 Å². The first kappa shape index (κ1) is 34.9. The topological polar surface area (TPSA) is 37.3 Å². The Morgan fingerprint density at radius 3 is 2.06 bits per heavy atom. The molecule has 210 valence electrons. The molecule has 0 aromatic heterocycles. The van der Waals surface area contributed by atoms with Crippen LogP contribution in [-0.2, 0) is 4.79 Å². The van der Waals surface area contributed by atoms with Gasteiger partial charge in [0.2, 0.25) is 0 Å². The first-order valence-electron chi connectivity index (χ1n) is 15.3. The maximum atomic E-state index is 12.1. The normalized spacial score (nSPS) is 40.6. The number of aliphatic hydroxyl groups is 1. The van der Waals surface area contributed by atoms with Crippen molar-refractivity contribution in [2.45, 2.75) is 139 Å². The van der Waals surface area contributed by atoms with E-state index in [-0.39, 0.29) is 16.9 Å². The molecule has 0 aromatic rings. The highest BCUT2D eigenvalue weighted by Gasteiger charge is 2.63. The molecule has 9 atom stereocenters. The molecule has 4 fully saturated rings. The zero-order valence-corrected chi connectivity index (χ0v) is 25.6. The number of hydrogen-bond donors (Lipinski definition) is 1. The molecule has 0 radical (unpaired) electrons. The van der Waals surface area contributed by atoms with Crippen molar-refractivity contribution in [1.29, 1.82) is 0 Å². The van der Waals surface area contributed by atoms with Gasteiger partial charge in [0.15, 0.2) is 0 Å². The first-order valence-corrected chi connectivity index (χ1v) is 15.3. The third-order valence-corrected chi connectivity index (χ3v) is 10.5. The van der Waals surface area contributed by atoms with Gasteiger partial charge in [-0.1, -0.05) is 67.4 Å². The predicted molar refractivity (Wildman–Crippen MR) is 159 cm³/mol. The molecule has 36 heavy (non-hydrogen) atoms. The Morgan fingerprint density at radius 1 is 0.972 bits per heavy atom. The lowest BCUT2D eigenvalue weighted by Gasteiger charge is -2.66. The molecular weight excluding hydrogens is 440 g/mol. The van der Waals surface area contributed by atoms with Crippen LogP contribution in [0.4, 0.5) is 0 Å². The number of aliphatic hydroxyl groups excluding tert-OH is 1. The number of rotatable bonds is 4. The quantitative estimate of drug-likeness (QED) is 0.236. The van der Waals surface area contributed by atoms with Crippen LogP contribution >= 0.6 is 0 Å². The molecule has 0 aliphatic heterocycles. The Hall–Kier alpha value is -1.07. The molecule has 4 saturated carbocycles. The summed E-state index contributed by atoms with van der Waals surface area (Å²) in [4.78, 5) is 12.1. The lowest BCUT2D eigenvalue weighted by Crippen LogP contribution is -2.59. The SMILES string of the molecule is C#C.C=CC.CC.CC.CCCC1(C)C(C(C)O)CCC2(C)C3CCC4(C=O)CCCC4C3CCC12. The number of terminal acetylenes is 1. The molecule has 0 saturated heterocycles. The number of aldehydes is 1. The van der Waals surface area contributed by atoms with Gasteiger partial charge in [0, 0.05) is 5.41 Å². The van der Waals surface area contributed by atoms with E-state index in [1.165, 1.54) is 64.1 Å². The van der Waals surface area contributed by atoms with Gasteiger partial charge >= 0.3 is 0 Å². The van der Waals surface area contributed by atoms with Crippen molar-refractivity contribution < 1.29 is 9.90 Å². The maximum absolute atomic E-state index is 12.1. The summed E-state index contributed by atoms with van der Waals surface area (Å²) in [5.41, 5.74) is 0.722. The van der Waals surface area contributed by atoms with Crippen LogP contribution in [0.3, 0.4) is 0 Å². The monoisotopic (exact) mass is 502 g/mol. The average molecular weight is 503 g/mol. The summed E-state index contributed by atoms with van der Waals surface area (Å²) in [5.74, 6) is 3.44. The van der Waals surface area contributed by atoms with Crippen LogP contribution in [-0.4, -0.2) is 17.5 Å². The molecule has 2 heteroatoms. The first-order chi connectivity index (χ1) is 17.2. The Labute approximate surface area is 226 Å². The van der Waals surface area contributed by atoms with Gasteiger partial charge in [-0.25, -0.2) is 0 Å². The molecule has 4 aliphatic carbocycles. The highest BCUT2D eigenvalue weighted by Crippen LogP contribution is 2.70. The van der Waals surface area contributed by atoms with Crippen LogP contribution < -0.4 is 0 Å². The van der Waals surface area contributed by atoms with E-state index in [1.807, 2.05) is 41.5 Å². The molecule has 0 aromatic carbocycles. The lowest BCUT2D eigenvalue weighted by molar-refractivity contribution is -0.181. The van der Waals surface area contributed by atoms with Crippen LogP contribution in [0.25, 0.3) is 0 Å². The standard InChI is InChI=1S/C25H42O2.C3H6.2C2H6.C2H2/c1-5-12-23(3)19(17(2)27)10-14-24(4)20-11-15-25(16-26)13-6-7-21(25)18(20)8-9-22(23)24;1-3-2;3*1-2/h16-22,27H,5-15H2,1-4H3;3H,1H2,2H3;2*1-2H3;1-2H. The molecule has 0 spiro atoms. The second-order valence-electron chi connectivity index (χ2n) is 11.8. The number of fused-ring (bicyclic) bond motifs is 5. The number of carbonyl (C=O) groups excluding carboxylic acids is 1. The Kier molecular flexibility index (Phi) is 15.5. The number of carbonyl (C=O) groups is 1. The third-order valence-electron chi connectivity index (χ3n) is 10.5. The van der Waals surface area contributed by atoms with Crippen LogP contribution in [0.1, 0.15) is 133 Å². The predicted octanol–water partition coefficient (Wildman–Crippen LogP) is 9.51. The molecule has 0 amide bonds. The molecular formula is C34H62O2. The molecule has 4 aliphatic rings. The van der Waals surface area contributed by atoms with Gasteiger partial charge in [0.1, 0.15) is 6.29 Å². The van der Waals surface area contributed by atoms with E-state index in [9.17, 15) is 9.90 Å². The van der Waals surface area contributed by atoms with Gasteiger partial charge in [-0.05, 0) is 112 Å². The number of hydrogen-bond acceptors (Lipinski definition) is 2. The molecule has 1 N–H and O–H groups in total. The smallest absolute Gasteiger partial charge is 0.126 e. The summed E-state index contributed by atoms with van der Waals surface area (Å²) >= 11 is 0. The minimum atomic E-state index is -0.187. The summed E-state index contributed by atoms with van der Waals surface area (Å²) in [6.07, 6.45) is 24.7.